The van der Waals surface area contributed by atoms with Gasteiger partial charge in [-0.05, 0) is 32.8 Å². The van der Waals surface area contributed by atoms with E-state index in [1.165, 1.54) is 0 Å². The highest BCUT2D eigenvalue weighted by Gasteiger charge is 2.34. The zero-order chi connectivity index (χ0) is 8.48. The molecule has 1 aliphatic carbocycles. The molecule has 0 spiro atoms. The van der Waals surface area contributed by atoms with Crippen LogP contribution in [0.4, 0.5) is 0 Å². The highest BCUT2D eigenvalue weighted by molar-refractivity contribution is 5.75. The summed E-state index contributed by atoms with van der Waals surface area (Å²) in [5, 5.41) is 0. The molecular weight excluding hydrogens is 140 g/mol. The van der Waals surface area contributed by atoms with Gasteiger partial charge in [-0.3, -0.25) is 4.79 Å². The second-order valence-electron chi connectivity index (χ2n) is 3.50. The van der Waals surface area contributed by atoms with Crippen molar-refractivity contribution in [1.82, 2.24) is 0 Å². The van der Waals surface area contributed by atoms with Crippen LogP contribution < -0.4 is 0 Å². The Labute approximate surface area is 67.2 Å². The topological polar surface area (TPSA) is 26.3 Å². The maximum atomic E-state index is 11.1. The smallest absolute Gasteiger partial charge is 0.309 e. The van der Waals surface area contributed by atoms with E-state index >= 15 is 0 Å². The number of carbonyl (C=O) groups excluding carboxylic acids is 1. The van der Waals surface area contributed by atoms with Gasteiger partial charge in [-0.25, -0.2) is 0 Å². The zero-order valence-electron chi connectivity index (χ0n) is 7.09. The molecule has 0 unspecified atom stereocenters. The van der Waals surface area contributed by atoms with E-state index in [0.717, 1.165) is 12.8 Å². The van der Waals surface area contributed by atoms with Crippen LogP contribution in [0.3, 0.4) is 0 Å². The lowest BCUT2D eigenvalue weighted by molar-refractivity contribution is -0.154. The van der Waals surface area contributed by atoms with Crippen LogP contribution in [0.15, 0.2) is 12.7 Å². The summed E-state index contributed by atoms with van der Waals surface area (Å²) in [7, 11) is 0. The van der Waals surface area contributed by atoms with Crippen molar-refractivity contribution in [2.45, 2.75) is 32.3 Å². The predicted molar refractivity (Wildman–Crippen MR) is 43.1 cm³/mol. The molecule has 1 saturated carbocycles. The molecule has 0 bridgehead atoms. The Kier molecular flexibility index (Phi) is 2.03. The molecule has 0 N–H and O–H groups in total. The molecule has 1 aliphatic rings. The average Bonchev–Trinajstić information content (AvgIpc) is 2.67. The number of ether oxygens (including phenoxy) is 1. The van der Waals surface area contributed by atoms with Crippen LogP contribution in [-0.2, 0) is 9.53 Å². The average molecular weight is 154 g/mol. The molecule has 0 heterocycles. The van der Waals surface area contributed by atoms with Crippen molar-refractivity contribution in [2.24, 2.45) is 5.92 Å². The molecule has 0 atom stereocenters. The molecule has 1 rings (SSSR count). The summed E-state index contributed by atoms with van der Waals surface area (Å²) in [6.45, 7) is 7.26. The van der Waals surface area contributed by atoms with E-state index in [2.05, 4.69) is 6.58 Å². The van der Waals surface area contributed by atoms with E-state index in [4.69, 9.17) is 4.74 Å². The van der Waals surface area contributed by atoms with Crippen LogP contribution in [-0.4, -0.2) is 11.6 Å². The molecule has 0 amide bonds. The third-order valence-electron chi connectivity index (χ3n) is 1.77. The van der Waals surface area contributed by atoms with Crippen LogP contribution in [0.1, 0.15) is 26.7 Å². The van der Waals surface area contributed by atoms with Crippen molar-refractivity contribution in [2.75, 3.05) is 0 Å². The van der Waals surface area contributed by atoms with Gasteiger partial charge < -0.3 is 4.74 Å². The number of rotatable bonds is 3. The van der Waals surface area contributed by atoms with E-state index in [0.29, 0.717) is 0 Å². The van der Waals surface area contributed by atoms with Gasteiger partial charge in [-0.1, -0.05) is 6.58 Å². The highest BCUT2D eigenvalue weighted by Crippen LogP contribution is 2.31. The fourth-order valence-corrected chi connectivity index (χ4v) is 0.703. The van der Waals surface area contributed by atoms with E-state index in [1.54, 1.807) is 6.08 Å². The van der Waals surface area contributed by atoms with E-state index < -0.39 is 5.60 Å². The third kappa shape index (κ3) is 2.37. The second-order valence-corrected chi connectivity index (χ2v) is 3.50. The number of esters is 1. The predicted octanol–water partition coefficient (Wildman–Crippen LogP) is 1.90. The van der Waals surface area contributed by atoms with Crippen molar-refractivity contribution in [3.05, 3.63) is 12.7 Å². The van der Waals surface area contributed by atoms with Crippen molar-refractivity contribution in [3.63, 3.8) is 0 Å². The van der Waals surface area contributed by atoms with E-state index in [1.807, 2.05) is 13.8 Å². The second kappa shape index (κ2) is 2.68. The van der Waals surface area contributed by atoms with Gasteiger partial charge >= 0.3 is 5.97 Å². The van der Waals surface area contributed by atoms with Gasteiger partial charge in [0.25, 0.3) is 0 Å². The van der Waals surface area contributed by atoms with Crippen LogP contribution >= 0.6 is 0 Å². The molecule has 0 aromatic carbocycles. The molecule has 0 saturated heterocycles. The first kappa shape index (κ1) is 8.31. The summed E-state index contributed by atoms with van der Waals surface area (Å²) >= 11 is 0. The monoisotopic (exact) mass is 154 g/mol. The summed E-state index contributed by atoms with van der Waals surface area (Å²) in [5.41, 5.74) is -0.500. The van der Waals surface area contributed by atoms with Crippen LogP contribution in [0.5, 0.6) is 0 Å². The standard InChI is InChI=1S/C9H14O2/c1-4-9(2,3)11-8(10)7-5-6-7/h4,7H,1,5-6H2,2-3H3. The number of hydrogen-bond acceptors (Lipinski definition) is 2. The molecular formula is C9H14O2. The van der Waals surface area contributed by atoms with Crippen molar-refractivity contribution in [3.8, 4) is 0 Å². The van der Waals surface area contributed by atoms with Gasteiger partial charge in [0.15, 0.2) is 0 Å². The van der Waals surface area contributed by atoms with Crippen molar-refractivity contribution < 1.29 is 9.53 Å². The van der Waals surface area contributed by atoms with Gasteiger partial charge in [0.2, 0.25) is 0 Å². The lowest BCUT2D eigenvalue weighted by atomic mass is 10.1. The fraction of sp³-hybridized carbons (Fsp3) is 0.667. The molecule has 11 heavy (non-hydrogen) atoms. The highest BCUT2D eigenvalue weighted by atomic mass is 16.6. The molecule has 2 nitrogen and oxygen atoms in total. The maximum Gasteiger partial charge on any atom is 0.309 e. The lowest BCUT2D eigenvalue weighted by Crippen LogP contribution is -2.25. The fourth-order valence-electron chi connectivity index (χ4n) is 0.703. The number of carbonyl (C=O) groups is 1. The number of hydrogen-bond donors (Lipinski definition) is 0. The molecule has 0 radical (unpaired) electrons. The van der Waals surface area contributed by atoms with Crippen LogP contribution in [0.25, 0.3) is 0 Å². The molecule has 1 fully saturated rings. The maximum absolute atomic E-state index is 11.1. The normalized spacial score (nSPS) is 17.6. The largest absolute Gasteiger partial charge is 0.455 e. The summed E-state index contributed by atoms with van der Waals surface area (Å²) in [4.78, 5) is 11.1. The summed E-state index contributed by atoms with van der Waals surface area (Å²) < 4.78 is 5.15. The Hall–Kier alpha value is -0.790. The van der Waals surface area contributed by atoms with Gasteiger partial charge in [-0.2, -0.15) is 0 Å². The minimum absolute atomic E-state index is 0.0742. The van der Waals surface area contributed by atoms with Crippen molar-refractivity contribution in [1.29, 1.82) is 0 Å². The third-order valence-corrected chi connectivity index (χ3v) is 1.77. The first-order chi connectivity index (χ1) is 5.05. The lowest BCUT2D eigenvalue weighted by Gasteiger charge is -2.20. The van der Waals surface area contributed by atoms with Gasteiger partial charge in [0, 0.05) is 0 Å². The Balaban J connectivity index is 2.39. The first-order valence-electron chi connectivity index (χ1n) is 3.91. The van der Waals surface area contributed by atoms with Gasteiger partial charge in [-0.15, -0.1) is 0 Å². The van der Waals surface area contributed by atoms with Crippen LogP contribution in [0, 0.1) is 5.92 Å². The Morgan fingerprint density at radius 2 is 2.18 bits per heavy atom. The van der Waals surface area contributed by atoms with E-state index in [9.17, 15) is 4.79 Å². The van der Waals surface area contributed by atoms with Gasteiger partial charge in [0.1, 0.15) is 5.60 Å². The Morgan fingerprint density at radius 3 is 2.55 bits per heavy atom. The summed E-state index contributed by atoms with van der Waals surface area (Å²) in [6.07, 6.45) is 3.63. The quantitative estimate of drug-likeness (QED) is 0.458. The van der Waals surface area contributed by atoms with Crippen molar-refractivity contribution >= 4 is 5.97 Å². The molecule has 2 heteroatoms. The molecule has 62 valence electrons. The van der Waals surface area contributed by atoms with E-state index in [-0.39, 0.29) is 11.9 Å². The minimum Gasteiger partial charge on any atom is -0.455 e. The zero-order valence-corrected chi connectivity index (χ0v) is 7.09. The molecule has 0 aromatic heterocycles. The summed E-state index contributed by atoms with van der Waals surface area (Å²) in [6, 6.07) is 0. The SMILES string of the molecule is C=CC(C)(C)OC(=O)C1CC1. The van der Waals surface area contributed by atoms with Crippen LogP contribution in [0.2, 0.25) is 0 Å². The summed E-state index contributed by atoms with van der Waals surface area (Å²) in [5.74, 6) is 0.101. The molecule has 0 aliphatic heterocycles. The Bertz CT molecular complexity index is 178. The minimum atomic E-state index is -0.500. The van der Waals surface area contributed by atoms with Gasteiger partial charge in [0.05, 0.1) is 5.92 Å². The Morgan fingerprint density at radius 1 is 1.64 bits per heavy atom. The first-order valence-corrected chi connectivity index (χ1v) is 3.91. The molecule has 0 aromatic rings.